The highest BCUT2D eigenvalue weighted by atomic mass is 16.1. The van der Waals surface area contributed by atoms with E-state index in [4.69, 9.17) is 5.84 Å². The number of hydrazine groups is 1. The average Bonchev–Trinajstić information content (AvgIpc) is 2.55. The van der Waals surface area contributed by atoms with Gasteiger partial charge >= 0.3 is 0 Å². The third kappa shape index (κ3) is 2.68. The predicted molar refractivity (Wildman–Crippen MR) is 83.9 cm³/mol. The maximum atomic E-state index is 12.2. The molecule has 0 bridgehead atoms. The van der Waals surface area contributed by atoms with Crippen LogP contribution in [0.4, 0.5) is 11.4 Å². The maximum absolute atomic E-state index is 12.2. The van der Waals surface area contributed by atoms with E-state index in [2.05, 4.69) is 15.7 Å². The van der Waals surface area contributed by atoms with Crippen LogP contribution in [0.25, 0.3) is 10.8 Å². The van der Waals surface area contributed by atoms with Gasteiger partial charge in [-0.1, -0.05) is 36.4 Å². The van der Waals surface area contributed by atoms with Gasteiger partial charge < -0.3 is 10.7 Å². The van der Waals surface area contributed by atoms with Crippen molar-refractivity contribution >= 4 is 28.1 Å². The molecule has 0 saturated heterocycles. The summed E-state index contributed by atoms with van der Waals surface area (Å²) in [4.78, 5) is 16.3. The van der Waals surface area contributed by atoms with Crippen LogP contribution in [0.1, 0.15) is 10.5 Å². The van der Waals surface area contributed by atoms with E-state index >= 15 is 0 Å². The van der Waals surface area contributed by atoms with E-state index in [9.17, 15) is 4.79 Å². The summed E-state index contributed by atoms with van der Waals surface area (Å²) in [6, 6.07) is 17.0. The second-order valence-corrected chi connectivity index (χ2v) is 4.56. The molecule has 0 aliphatic carbocycles. The second kappa shape index (κ2) is 5.60. The molecule has 3 rings (SSSR count). The lowest BCUT2D eigenvalue weighted by Gasteiger charge is -2.08. The van der Waals surface area contributed by atoms with E-state index in [0.29, 0.717) is 11.4 Å². The van der Waals surface area contributed by atoms with Crippen LogP contribution in [0, 0.1) is 0 Å². The molecule has 4 N–H and O–H groups in total. The normalized spacial score (nSPS) is 10.3. The number of carbonyl (C=O) groups excluding carboxylic acids is 1. The largest absolute Gasteiger partial charge is 0.323 e. The summed E-state index contributed by atoms with van der Waals surface area (Å²) in [5.41, 5.74) is 4.22. The van der Waals surface area contributed by atoms with Crippen molar-refractivity contribution in [3.8, 4) is 0 Å². The zero-order chi connectivity index (χ0) is 14.7. The van der Waals surface area contributed by atoms with Gasteiger partial charge in [0, 0.05) is 11.1 Å². The SMILES string of the molecule is NNc1ccc(C(=O)Nc2cccc3ccccc23)nc1. The first kappa shape index (κ1) is 13.1. The number of nitrogens with two attached hydrogens (primary N) is 1. The third-order valence-corrected chi connectivity index (χ3v) is 3.20. The van der Waals surface area contributed by atoms with Gasteiger partial charge in [0.15, 0.2) is 0 Å². The maximum Gasteiger partial charge on any atom is 0.274 e. The summed E-state index contributed by atoms with van der Waals surface area (Å²) in [5.74, 6) is 5.02. The van der Waals surface area contributed by atoms with Gasteiger partial charge in [-0.25, -0.2) is 4.98 Å². The molecule has 1 aromatic heterocycles. The quantitative estimate of drug-likeness (QED) is 0.508. The minimum atomic E-state index is -0.255. The molecule has 1 heterocycles. The lowest BCUT2D eigenvalue weighted by atomic mass is 10.1. The minimum Gasteiger partial charge on any atom is -0.323 e. The minimum absolute atomic E-state index is 0.255. The molecule has 0 aliphatic heterocycles. The number of amides is 1. The summed E-state index contributed by atoms with van der Waals surface area (Å²) in [6.07, 6.45) is 1.51. The number of benzene rings is 2. The van der Waals surface area contributed by atoms with Gasteiger partial charge in [-0.2, -0.15) is 0 Å². The molecule has 0 aliphatic rings. The number of nitrogen functional groups attached to an aromatic ring is 1. The Balaban J connectivity index is 1.89. The third-order valence-electron chi connectivity index (χ3n) is 3.20. The Bertz CT molecular complexity index is 778. The Morgan fingerprint density at radius 3 is 2.57 bits per heavy atom. The van der Waals surface area contributed by atoms with E-state index in [1.165, 1.54) is 6.20 Å². The monoisotopic (exact) mass is 278 g/mol. The molecule has 5 nitrogen and oxygen atoms in total. The van der Waals surface area contributed by atoms with Gasteiger partial charge in [-0.05, 0) is 23.6 Å². The highest BCUT2D eigenvalue weighted by molar-refractivity contribution is 6.08. The smallest absolute Gasteiger partial charge is 0.274 e. The van der Waals surface area contributed by atoms with Crippen LogP contribution in [-0.4, -0.2) is 10.9 Å². The Kier molecular flexibility index (Phi) is 3.49. The first-order valence-corrected chi connectivity index (χ1v) is 6.50. The fourth-order valence-electron chi connectivity index (χ4n) is 2.13. The van der Waals surface area contributed by atoms with Gasteiger partial charge in [0.25, 0.3) is 5.91 Å². The molecular formula is C16H14N4O. The molecule has 0 fully saturated rings. The van der Waals surface area contributed by atoms with Gasteiger partial charge in [0.2, 0.25) is 0 Å². The number of fused-ring (bicyclic) bond motifs is 1. The van der Waals surface area contributed by atoms with Crippen LogP contribution in [0.2, 0.25) is 0 Å². The number of anilines is 2. The fourth-order valence-corrected chi connectivity index (χ4v) is 2.13. The molecule has 2 aromatic carbocycles. The van der Waals surface area contributed by atoms with Crippen molar-refractivity contribution < 1.29 is 4.79 Å². The predicted octanol–water partition coefficient (Wildman–Crippen LogP) is 2.77. The number of carbonyl (C=O) groups is 1. The van der Waals surface area contributed by atoms with Crippen LogP contribution in [0.5, 0.6) is 0 Å². The van der Waals surface area contributed by atoms with Crippen molar-refractivity contribution in [2.75, 3.05) is 10.7 Å². The van der Waals surface area contributed by atoms with Crippen molar-refractivity contribution in [2.45, 2.75) is 0 Å². The van der Waals surface area contributed by atoms with Crippen molar-refractivity contribution in [3.05, 3.63) is 66.5 Å². The van der Waals surface area contributed by atoms with Crippen LogP contribution in [0.15, 0.2) is 60.8 Å². The van der Waals surface area contributed by atoms with Gasteiger partial charge in [-0.15, -0.1) is 0 Å². The highest BCUT2D eigenvalue weighted by Crippen LogP contribution is 2.23. The van der Waals surface area contributed by atoms with E-state index < -0.39 is 0 Å². The topological polar surface area (TPSA) is 80.0 Å². The molecule has 104 valence electrons. The molecule has 21 heavy (non-hydrogen) atoms. The Morgan fingerprint density at radius 2 is 1.81 bits per heavy atom. The van der Waals surface area contributed by atoms with Crippen LogP contribution >= 0.6 is 0 Å². The first-order chi connectivity index (χ1) is 10.3. The molecule has 0 spiro atoms. The average molecular weight is 278 g/mol. The van der Waals surface area contributed by atoms with E-state index in [1.54, 1.807) is 12.1 Å². The molecular weight excluding hydrogens is 264 g/mol. The Hall–Kier alpha value is -2.92. The molecule has 0 saturated carbocycles. The van der Waals surface area contributed by atoms with Crippen molar-refractivity contribution in [3.63, 3.8) is 0 Å². The summed E-state index contributed by atoms with van der Waals surface area (Å²) in [5, 5.41) is 4.95. The first-order valence-electron chi connectivity index (χ1n) is 6.50. The number of rotatable bonds is 3. The number of nitrogens with zero attached hydrogens (tertiary/aromatic N) is 1. The summed E-state index contributed by atoms with van der Waals surface area (Å²) >= 11 is 0. The highest BCUT2D eigenvalue weighted by Gasteiger charge is 2.09. The lowest BCUT2D eigenvalue weighted by molar-refractivity contribution is 0.102. The molecule has 3 aromatic rings. The van der Waals surface area contributed by atoms with E-state index in [-0.39, 0.29) is 5.91 Å². The molecule has 0 unspecified atom stereocenters. The second-order valence-electron chi connectivity index (χ2n) is 4.56. The molecule has 5 heteroatoms. The van der Waals surface area contributed by atoms with E-state index in [0.717, 1.165) is 16.5 Å². The number of hydrogen-bond donors (Lipinski definition) is 3. The number of nitrogens with one attached hydrogen (secondary N) is 2. The van der Waals surface area contributed by atoms with Crippen molar-refractivity contribution in [1.29, 1.82) is 0 Å². The standard InChI is InChI=1S/C16H14N4O/c17-20-12-8-9-15(18-10-12)16(21)19-14-7-3-5-11-4-1-2-6-13(11)14/h1-10,20H,17H2,(H,19,21). The van der Waals surface area contributed by atoms with Gasteiger partial charge in [0.1, 0.15) is 5.69 Å². The van der Waals surface area contributed by atoms with Crippen LogP contribution in [-0.2, 0) is 0 Å². The number of hydrogen-bond acceptors (Lipinski definition) is 4. The summed E-state index contributed by atoms with van der Waals surface area (Å²) in [7, 11) is 0. The van der Waals surface area contributed by atoms with Gasteiger partial charge in [-0.3, -0.25) is 10.6 Å². The zero-order valence-electron chi connectivity index (χ0n) is 11.2. The Labute approximate surface area is 121 Å². The van der Waals surface area contributed by atoms with Crippen molar-refractivity contribution in [1.82, 2.24) is 4.98 Å². The van der Waals surface area contributed by atoms with E-state index in [1.807, 2.05) is 42.5 Å². The lowest BCUT2D eigenvalue weighted by Crippen LogP contribution is -2.14. The number of aromatic nitrogens is 1. The zero-order valence-corrected chi connectivity index (χ0v) is 11.2. The van der Waals surface area contributed by atoms with Gasteiger partial charge in [0.05, 0.1) is 11.9 Å². The summed E-state index contributed by atoms with van der Waals surface area (Å²) < 4.78 is 0. The molecule has 0 radical (unpaired) electrons. The van der Waals surface area contributed by atoms with Crippen molar-refractivity contribution in [2.24, 2.45) is 5.84 Å². The summed E-state index contributed by atoms with van der Waals surface area (Å²) in [6.45, 7) is 0. The van der Waals surface area contributed by atoms with Crippen LogP contribution in [0.3, 0.4) is 0 Å². The van der Waals surface area contributed by atoms with Crippen LogP contribution < -0.4 is 16.6 Å². The Morgan fingerprint density at radius 1 is 1.00 bits per heavy atom. The molecule has 1 amide bonds. The molecule has 0 atom stereocenters. The fraction of sp³-hybridized carbons (Fsp3) is 0. The number of pyridine rings is 1.